The first-order valence-corrected chi connectivity index (χ1v) is 10.9. The zero-order chi connectivity index (χ0) is 25.0. The number of nitriles is 1. The maximum atomic E-state index is 12.9. The monoisotopic (exact) mass is 464 g/mol. The lowest BCUT2D eigenvalue weighted by Gasteiger charge is -2.15. The van der Waals surface area contributed by atoms with E-state index in [1.807, 2.05) is 37.3 Å². The van der Waals surface area contributed by atoms with Crippen LogP contribution in [0.25, 0.3) is 22.6 Å². The van der Waals surface area contributed by atoms with Crippen molar-refractivity contribution in [1.29, 1.82) is 5.26 Å². The molecule has 0 fully saturated rings. The summed E-state index contributed by atoms with van der Waals surface area (Å²) in [5.74, 6) is 0.378. The predicted octanol–water partition coefficient (Wildman–Crippen LogP) is 4.40. The molecular weight excluding hydrogens is 440 g/mol. The number of aromatic nitrogens is 5. The summed E-state index contributed by atoms with van der Waals surface area (Å²) in [5.41, 5.74) is 4.31. The summed E-state index contributed by atoms with van der Waals surface area (Å²) >= 11 is 0. The van der Waals surface area contributed by atoms with Crippen LogP contribution in [-0.2, 0) is 5.41 Å². The number of anilines is 2. The van der Waals surface area contributed by atoms with Crippen LogP contribution in [0.3, 0.4) is 0 Å². The Labute approximate surface area is 203 Å². The molecule has 0 unspecified atom stereocenters. The molecule has 4 heterocycles. The standard InChI is InChI=1S/C26H24N8O/c1-16-19(20-6-5-7-21(34-20)22-12-24(28-4)32-15-31-22)11-18(13-30-16)33-25(35)17-8-9-29-23(10-17)26(2,3)14-27/h5-13,15H,1-4H3,(H,33,35)(H,28,31,32). The van der Waals surface area contributed by atoms with Gasteiger partial charge < -0.3 is 10.6 Å². The number of carbonyl (C=O) groups excluding carboxylic acids is 1. The van der Waals surface area contributed by atoms with Gasteiger partial charge in [0.05, 0.1) is 46.1 Å². The molecule has 9 heteroatoms. The zero-order valence-electron chi connectivity index (χ0n) is 19.9. The van der Waals surface area contributed by atoms with Crippen LogP contribution in [0, 0.1) is 18.3 Å². The Balaban J connectivity index is 1.62. The number of amides is 1. The van der Waals surface area contributed by atoms with Crippen molar-refractivity contribution in [3.8, 4) is 28.7 Å². The molecule has 4 rings (SSSR count). The first kappa shape index (κ1) is 23.4. The minimum absolute atomic E-state index is 0.318. The Hall–Kier alpha value is -4.71. The molecule has 35 heavy (non-hydrogen) atoms. The van der Waals surface area contributed by atoms with Crippen molar-refractivity contribution in [3.63, 3.8) is 0 Å². The van der Waals surface area contributed by atoms with Crippen molar-refractivity contribution >= 4 is 17.4 Å². The van der Waals surface area contributed by atoms with Crippen molar-refractivity contribution < 1.29 is 4.79 Å². The van der Waals surface area contributed by atoms with Gasteiger partial charge in [-0.25, -0.2) is 15.0 Å². The maximum Gasteiger partial charge on any atom is 0.255 e. The number of hydrogen-bond donors (Lipinski definition) is 2. The van der Waals surface area contributed by atoms with Crippen molar-refractivity contribution in [2.75, 3.05) is 17.7 Å². The number of rotatable bonds is 6. The average molecular weight is 465 g/mol. The van der Waals surface area contributed by atoms with E-state index in [2.05, 4.69) is 36.6 Å². The quantitative estimate of drug-likeness (QED) is 0.429. The van der Waals surface area contributed by atoms with Crippen LogP contribution < -0.4 is 10.6 Å². The molecule has 0 radical (unpaired) electrons. The molecule has 0 aliphatic rings. The van der Waals surface area contributed by atoms with Gasteiger partial charge in [-0.15, -0.1) is 0 Å². The number of pyridine rings is 3. The van der Waals surface area contributed by atoms with Crippen molar-refractivity contribution in [2.45, 2.75) is 26.2 Å². The Morgan fingerprint density at radius 1 is 1.00 bits per heavy atom. The summed E-state index contributed by atoms with van der Waals surface area (Å²) in [6.07, 6.45) is 4.62. The molecule has 0 atom stereocenters. The minimum Gasteiger partial charge on any atom is -0.373 e. The fourth-order valence-corrected chi connectivity index (χ4v) is 3.40. The molecule has 4 aromatic heterocycles. The van der Waals surface area contributed by atoms with E-state index in [1.165, 1.54) is 12.5 Å². The summed E-state index contributed by atoms with van der Waals surface area (Å²) < 4.78 is 0. The van der Waals surface area contributed by atoms with Gasteiger partial charge in [0.15, 0.2) is 0 Å². The average Bonchev–Trinajstić information content (AvgIpc) is 2.90. The third kappa shape index (κ3) is 5.12. The lowest BCUT2D eigenvalue weighted by molar-refractivity contribution is 0.102. The molecule has 0 saturated heterocycles. The number of hydrogen-bond acceptors (Lipinski definition) is 8. The Morgan fingerprint density at radius 2 is 1.80 bits per heavy atom. The van der Waals surface area contributed by atoms with Gasteiger partial charge in [0.1, 0.15) is 12.1 Å². The van der Waals surface area contributed by atoms with Crippen LogP contribution in [0.2, 0.25) is 0 Å². The van der Waals surface area contributed by atoms with E-state index in [0.717, 1.165) is 11.3 Å². The maximum absolute atomic E-state index is 12.9. The number of nitrogens with zero attached hydrogens (tertiary/aromatic N) is 6. The molecule has 0 spiro atoms. The fourth-order valence-electron chi connectivity index (χ4n) is 3.40. The Kier molecular flexibility index (Phi) is 6.46. The second-order valence-corrected chi connectivity index (χ2v) is 8.42. The SMILES string of the molecule is CNc1cc(-c2cccc(-c3cc(NC(=O)c4ccnc(C(C)(C)C#N)c4)cnc3C)n2)ncn1. The fraction of sp³-hybridized carbons (Fsp3) is 0.192. The van der Waals surface area contributed by atoms with Crippen LogP contribution in [0.15, 0.2) is 61.2 Å². The second kappa shape index (κ2) is 9.65. The van der Waals surface area contributed by atoms with E-state index in [9.17, 15) is 10.1 Å². The van der Waals surface area contributed by atoms with Crippen LogP contribution >= 0.6 is 0 Å². The van der Waals surface area contributed by atoms with Crippen LogP contribution in [0.4, 0.5) is 11.5 Å². The van der Waals surface area contributed by atoms with E-state index in [1.54, 1.807) is 39.2 Å². The highest BCUT2D eigenvalue weighted by Crippen LogP contribution is 2.27. The number of carbonyl (C=O) groups is 1. The van der Waals surface area contributed by atoms with Crippen LogP contribution in [-0.4, -0.2) is 37.9 Å². The van der Waals surface area contributed by atoms with Gasteiger partial charge in [-0.2, -0.15) is 5.26 Å². The van der Waals surface area contributed by atoms with Crippen LogP contribution in [0.5, 0.6) is 0 Å². The number of aryl methyl sites for hydroxylation is 1. The van der Waals surface area contributed by atoms with E-state index in [-0.39, 0.29) is 5.91 Å². The lowest BCUT2D eigenvalue weighted by atomic mass is 9.90. The van der Waals surface area contributed by atoms with E-state index < -0.39 is 5.41 Å². The van der Waals surface area contributed by atoms with E-state index >= 15 is 0 Å². The van der Waals surface area contributed by atoms with E-state index in [4.69, 9.17) is 4.98 Å². The highest BCUT2D eigenvalue weighted by molar-refractivity contribution is 6.04. The molecule has 174 valence electrons. The molecule has 9 nitrogen and oxygen atoms in total. The summed E-state index contributed by atoms with van der Waals surface area (Å²) in [6.45, 7) is 5.41. The predicted molar refractivity (Wildman–Crippen MR) is 134 cm³/mol. The molecular formula is C26H24N8O. The van der Waals surface area contributed by atoms with E-state index in [0.29, 0.717) is 39.8 Å². The molecule has 4 aromatic rings. The molecule has 0 saturated carbocycles. The lowest BCUT2D eigenvalue weighted by Crippen LogP contribution is -2.18. The smallest absolute Gasteiger partial charge is 0.255 e. The van der Waals surface area contributed by atoms with Gasteiger partial charge in [-0.05, 0) is 51.1 Å². The molecule has 0 aromatic carbocycles. The highest BCUT2D eigenvalue weighted by atomic mass is 16.1. The van der Waals surface area contributed by atoms with Gasteiger partial charge in [0.2, 0.25) is 0 Å². The van der Waals surface area contributed by atoms with Gasteiger partial charge >= 0.3 is 0 Å². The largest absolute Gasteiger partial charge is 0.373 e. The van der Waals surface area contributed by atoms with Gasteiger partial charge in [0, 0.05) is 36.1 Å². The third-order valence-electron chi connectivity index (χ3n) is 5.50. The molecule has 2 N–H and O–H groups in total. The summed E-state index contributed by atoms with van der Waals surface area (Å²) in [4.78, 5) is 34.9. The van der Waals surface area contributed by atoms with Crippen LogP contribution in [0.1, 0.15) is 35.6 Å². The zero-order valence-corrected chi connectivity index (χ0v) is 19.9. The van der Waals surface area contributed by atoms with Crippen molar-refractivity contribution in [1.82, 2.24) is 24.9 Å². The van der Waals surface area contributed by atoms with Gasteiger partial charge in [-0.3, -0.25) is 14.8 Å². The normalized spacial score (nSPS) is 10.9. The third-order valence-corrected chi connectivity index (χ3v) is 5.50. The highest BCUT2D eigenvalue weighted by Gasteiger charge is 2.22. The minimum atomic E-state index is -0.802. The first-order chi connectivity index (χ1) is 16.8. The molecule has 0 bridgehead atoms. The first-order valence-electron chi connectivity index (χ1n) is 10.9. The van der Waals surface area contributed by atoms with Gasteiger partial charge in [0.25, 0.3) is 5.91 Å². The molecule has 0 aliphatic heterocycles. The van der Waals surface area contributed by atoms with Gasteiger partial charge in [-0.1, -0.05) is 6.07 Å². The summed E-state index contributed by atoms with van der Waals surface area (Å²) in [6, 6.07) is 14.8. The van der Waals surface area contributed by atoms with Crippen molar-refractivity contribution in [3.05, 3.63) is 78.1 Å². The summed E-state index contributed by atoms with van der Waals surface area (Å²) in [7, 11) is 1.79. The molecule has 1 amide bonds. The second-order valence-electron chi connectivity index (χ2n) is 8.42. The number of nitrogens with one attached hydrogen (secondary N) is 2. The Morgan fingerprint density at radius 3 is 2.57 bits per heavy atom. The molecule has 0 aliphatic carbocycles. The Bertz CT molecular complexity index is 1440. The van der Waals surface area contributed by atoms with Crippen molar-refractivity contribution in [2.24, 2.45) is 0 Å². The summed E-state index contributed by atoms with van der Waals surface area (Å²) in [5, 5.41) is 15.3. The topological polar surface area (TPSA) is 129 Å².